The van der Waals surface area contributed by atoms with Gasteiger partial charge < -0.3 is 84.9 Å². The van der Waals surface area contributed by atoms with Gasteiger partial charge in [-0.2, -0.15) is 30.0 Å². The maximum Gasteiger partial charge on any atom is 0.397 e. The molecule has 0 bridgehead atoms. The molecule has 0 radical (unpaired) electrons. The van der Waals surface area contributed by atoms with Gasteiger partial charge in [0, 0.05) is 0 Å². The Morgan fingerprint density at radius 3 is 1.76 bits per heavy atom. The third-order valence-electron chi connectivity index (χ3n) is 8.57. The molecule has 0 aliphatic carbocycles. The maximum absolute atomic E-state index is 12.4. The van der Waals surface area contributed by atoms with E-state index in [9.17, 15) is 98.3 Å². The smallest absolute Gasteiger partial charge is 0.397 e. The maximum atomic E-state index is 12.4. The number of aliphatic carboxylic acids is 2. The summed E-state index contributed by atoms with van der Waals surface area (Å²) in [5.41, 5.74) is 6.02. The van der Waals surface area contributed by atoms with Gasteiger partial charge in [0.15, 0.2) is 49.7 Å². The number of carboxylic acids is 2. The first-order chi connectivity index (χ1) is 28.3. The zero-order valence-electron chi connectivity index (χ0n) is 30.7. The predicted octanol–water partition coefficient (Wildman–Crippen LogP) is -10.4. The molecule has 3 aliphatic rings. The number of ether oxygens (including phenoxy) is 7. The van der Waals surface area contributed by atoms with Gasteiger partial charge in [0.25, 0.3) is 0 Å². The molecule has 19 atom stereocenters. The van der Waals surface area contributed by atoms with Crippen molar-refractivity contribution in [3.8, 4) is 0 Å². The second-order valence-corrected chi connectivity index (χ2v) is 17.0. The van der Waals surface area contributed by atoms with E-state index in [0.29, 0.717) is 0 Å². The topological polar surface area (TPSA) is 544 Å². The molecule has 0 amide bonds. The highest BCUT2D eigenvalue weighted by atomic mass is 32.3. The van der Waals surface area contributed by atoms with Crippen LogP contribution in [0.5, 0.6) is 0 Å². The van der Waals surface area contributed by atoms with Gasteiger partial charge in [-0.1, -0.05) is 0 Å². The van der Waals surface area contributed by atoms with Gasteiger partial charge >= 0.3 is 43.1 Å². The summed E-state index contributed by atoms with van der Waals surface area (Å²) in [6, 6.07) is -2.10. The van der Waals surface area contributed by atoms with Crippen LogP contribution in [0.3, 0.4) is 0 Å². The minimum absolute atomic E-state index is 0.948. The second-order valence-electron chi connectivity index (χ2n) is 13.0. The number of thiol groups is 1. The van der Waals surface area contributed by atoms with Crippen LogP contribution in [-0.4, -0.2) is 235 Å². The van der Waals surface area contributed by atoms with E-state index >= 15 is 0 Å². The van der Waals surface area contributed by atoms with E-state index < -0.39 is 184 Å². The molecule has 0 saturated carbocycles. The summed E-state index contributed by atoms with van der Waals surface area (Å²) in [6.45, 7) is -1.78. The standard InChI is InChI=1S/C24H42N2O32S4/c1-4(5(2-49-60(40,41)42)52-21(37)18(32)26-59(38)39)51-23-12(31)11(30)14(17(57-23)20(35)36)55-22-7(25)8(27)13(6(53-22)3-50-61(43,44)45)54-24-16(58-62(46,47)48)10(29)9(28)15(56-24)19(33)34/h4-18,21-24,27-32,37,59H,2-3,25H2,1H3,(H,33,34)(H,35,36)(H,26,38,39)(H,40,41,42)(H,43,44,45)(H,46,47,48)/t4-,5?,6?,7?,8?,9?,10?,11?,12?,13?,14?,15?,16?,17?,18-,21?,22?,23?,24?/m0/s1. The Bertz CT molecular complexity index is 1930. The lowest BCUT2D eigenvalue weighted by molar-refractivity contribution is -0.362. The fourth-order valence-electron chi connectivity index (χ4n) is 5.68. The minimum Gasteiger partial charge on any atom is -0.479 e. The van der Waals surface area contributed by atoms with Crippen LogP contribution in [0, 0.1) is 0 Å². The summed E-state index contributed by atoms with van der Waals surface area (Å²) < 4.78 is 168. The first-order valence-corrected chi connectivity index (χ1v) is 21.9. The summed E-state index contributed by atoms with van der Waals surface area (Å²) in [4.78, 5) is 24.0. The van der Waals surface area contributed by atoms with Crippen molar-refractivity contribution in [3.05, 3.63) is 0 Å². The molecule has 38 heteroatoms. The molecule has 3 heterocycles. The van der Waals surface area contributed by atoms with Gasteiger partial charge in [0.1, 0.15) is 54.9 Å². The Balaban J connectivity index is 1.90. The van der Waals surface area contributed by atoms with Crippen LogP contribution in [0.15, 0.2) is 0 Å². The Hall–Kier alpha value is -2.14. The van der Waals surface area contributed by atoms with E-state index in [1.165, 1.54) is 4.72 Å². The SMILES string of the molecule is C[C@H](OC1OC(C(=O)O)C(OC2OC(COS(=O)(=O)O)C(OC3OC(C(=O)O)C(O)C(O)C3OS(=O)(=O)O)C(O)C2N)C(O)C1O)C(COS(=O)(=O)O)OC(O)[C@H](O)N[SH](=O)=O. The summed E-state index contributed by atoms with van der Waals surface area (Å²) in [6.07, 6.45) is -42.5. The quantitative estimate of drug-likeness (QED) is 0.0272. The molecule has 3 fully saturated rings. The fourth-order valence-corrected chi connectivity index (χ4v) is 7.13. The summed E-state index contributed by atoms with van der Waals surface area (Å²) >= 11 is 0. The number of carbonyl (C=O) groups is 2. The molecular formula is C24H42N2O32S4. The van der Waals surface area contributed by atoms with Crippen molar-refractivity contribution in [1.29, 1.82) is 0 Å². The van der Waals surface area contributed by atoms with Crippen molar-refractivity contribution < 1.29 is 149 Å². The largest absolute Gasteiger partial charge is 0.479 e. The van der Waals surface area contributed by atoms with Gasteiger partial charge in [-0.25, -0.2) is 30.6 Å². The predicted molar refractivity (Wildman–Crippen MR) is 181 cm³/mol. The number of nitrogens with two attached hydrogens (primary N) is 1. The molecule has 17 unspecified atom stereocenters. The lowest BCUT2D eigenvalue weighted by Gasteiger charge is -2.48. The number of nitrogens with one attached hydrogen (secondary N) is 1. The Labute approximate surface area is 349 Å². The molecule has 0 aromatic heterocycles. The van der Waals surface area contributed by atoms with Crippen molar-refractivity contribution in [2.24, 2.45) is 5.73 Å². The zero-order valence-corrected chi connectivity index (χ0v) is 34.0. The number of rotatable bonds is 22. The van der Waals surface area contributed by atoms with Gasteiger partial charge in [0.05, 0.1) is 25.4 Å². The van der Waals surface area contributed by atoms with Gasteiger partial charge in [0.2, 0.25) is 10.9 Å². The van der Waals surface area contributed by atoms with Crippen molar-refractivity contribution >= 4 is 54.0 Å². The molecular weight excluding hydrogens is 957 g/mol. The second kappa shape index (κ2) is 21.9. The molecule has 34 nitrogen and oxygen atoms in total. The van der Waals surface area contributed by atoms with E-state index in [0.717, 1.165) is 6.92 Å². The normalized spacial score (nSPS) is 37.0. The summed E-state index contributed by atoms with van der Waals surface area (Å²) in [5, 5.41) is 92.9. The lowest BCUT2D eigenvalue weighted by Crippen LogP contribution is -2.69. The highest BCUT2D eigenvalue weighted by Gasteiger charge is 2.56. The van der Waals surface area contributed by atoms with E-state index in [4.69, 9.17) is 43.4 Å². The number of hydrogen-bond acceptors (Lipinski definition) is 28. The van der Waals surface area contributed by atoms with Gasteiger partial charge in [-0.15, -0.1) is 0 Å². The van der Waals surface area contributed by atoms with E-state index in [-0.39, 0.29) is 0 Å². The zero-order chi connectivity index (χ0) is 47.4. The van der Waals surface area contributed by atoms with E-state index in [2.05, 4.69) is 12.5 Å². The van der Waals surface area contributed by atoms with Crippen LogP contribution in [0.25, 0.3) is 0 Å². The van der Waals surface area contributed by atoms with Crippen LogP contribution in [0.1, 0.15) is 6.92 Å². The van der Waals surface area contributed by atoms with E-state index in [1.807, 2.05) is 0 Å². The summed E-state index contributed by atoms with van der Waals surface area (Å²) in [5.74, 6) is -4.02. The average Bonchev–Trinajstić information content (AvgIpc) is 3.12. The number of carboxylic acid groups (broad SMARTS) is 2. The molecule has 62 heavy (non-hydrogen) atoms. The Morgan fingerprint density at radius 1 is 0.710 bits per heavy atom. The Morgan fingerprint density at radius 2 is 1.24 bits per heavy atom. The molecule has 15 N–H and O–H groups in total. The highest BCUT2D eigenvalue weighted by molar-refractivity contribution is 7.81. The fraction of sp³-hybridized carbons (Fsp3) is 0.917. The van der Waals surface area contributed by atoms with Crippen LogP contribution < -0.4 is 10.5 Å². The minimum atomic E-state index is -5.59. The Kier molecular flexibility index (Phi) is 19.1. The molecule has 364 valence electrons. The third kappa shape index (κ3) is 15.2. The van der Waals surface area contributed by atoms with Crippen LogP contribution in [0.2, 0.25) is 0 Å². The summed E-state index contributed by atoms with van der Waals surface area (Å²) in [7, 11) is -19.8. The average molecular weight is 999 g/mol. The molecule has 0 spiro atoms. The lowest BCUT2D eigenvalue weighted by atomic mass is 9.95. The van der Waals surface area contributed by atoms with Crippen molar-refractivity contribution in [2.45, 2.75) is 124 Å². The molecule has 3 saturated heterocycles. The number of aliphatic hydroxyl groups excluding tert-OH is 7. The first-order valence-electron chi connectivity index (χ1n) is 16.7. The van der Waals surface area contributed by atoms with Crippen molar-refractivity contribution in [3.63, 3.8) is 0 Å². The number of aliphatic hydroxyl groups is 7. The molecule has 0 aromatic carbocycles. The highest BCUT2D eigenvalue weighted by Crippen LogP contribution is 2.34. The van der Waals surface area contributed by atoms with Crippen LogP contribution in [0.4, 0.5) is 0 Å². The van der Waals surface area contributed by atoms with Crippen molar-refractivity contribution in [1.82, 2.24) is 4.72 Å². The van der Waals surface area contributed by atoms with Crippen LogP contribution in [-0.2, 0) is 97.4 Å². The molecule has 3 rings (SSSR count). The third-order valence-corrected chi connectivity index (χ3v) is 10.4. The number of hydrogen-bond donors (Lipinski definition) is 15. The van der Waals surface area contributed by atoms with E-state index in [1.54, 1.807) is 0 Å². The first kappa shape index (κ1) is 54.2. The molecule has 0 aromatic rings. The van der Waals surface area contributed by atoms with Gasteiger partial charge in [-0.05, 0) is 6.92 Å². The van der Waals surface area contributed by atoms with Crippen LogP contribution >= 0.6 is 0 Å². The van der Waals surface area contributed by atoms with Gasteiger partial charge in [-0.3, -0.25) is 13.7 Å². The monoisotopic (exact) mass is 998 g/mol. The molecule has 3 aliphatic heterocycles. The van der Waals surface area contributed by atoms with Crippen molar-refractivity contribution in [2.75, 3.05) is 13.2 Å².